The van der Waals surface area contributed by atoms with Crippen LogP contribution in [0.15, 0.2) is 18.2 Å². The molecule has 1 aromatic rings. The Labute approximate surface area is 127 Å². The van der Waals surface area contributed by atoms with Crippen LogP contribution in [0.2, 0.25) is 0 Å². The summed E-state index contributed by atoms with van der Waals surface area (Å²) in [7, 11) is 1.69. The van der Waals surface area contributed by atoms with Gasteiger partial charge in [-0.05, 0) is 42.9 Å². The summed E-state index contributed by atoms with van der Waals surface area (Å²) in [6.45, 7) is 6.21. The highest BCUT2D eigenvalue weighted by Crippen LogP contribution is 2.35. The number of methoxy groups -OCH3 is 1. The van der Waals surface area contributed by atoms with Crippen LogP contribution in [0.1, 0.15) is 44.7 Å². The molecule has 1 unspecified atom stereocenters. The molecule has 0 saturated carbocycles. The highest BCUT2D eigenvalue weighted by atomic mass is 16.5. The maximum absolute atomic E-state index is 9.15. The van der Waals surface area contributed by atoms with Crippen LogP contribution in [0.4, 0.5) is 0 Å². The third kappa shape index (κ3) is 4.35. The molecule has 1 heterocycles. The van der Waals surface area contributed by atoms with E-state index in [9.17, 15) is 0 Å². The highest BCUT2D eigenvalue weighted by Gasteiger charge is 2.24. The second kappa shape index (κ2) is 7.14. The fourth-order valence-electron chi connectivity index (χ4n) is 2.68. The fraction of sp³-hybridized carbons (Fsp3) is 0.647. The van der Waals surface area contributed by atoms with Crippen molar-refractivity contribution in [2.45, 2.75) is 39.2 Å². The van der Waals surface area contributed by atoms with Gasteiger partial charge in [0.05, 0.1) is 13.7 Å². The summed E-state index contributed by atoms with van der Waals surface area (Å²) >= 11 is 0. The number of hydrogen-bond acceptors (Lipinski definition) is 4. The Bertz CT molecular complexity index is 459. The molecule has 0 spiro atoms. The third-order valence-corrected chi connectivity index (χ3v) is 4.10. The van der Waals surface area contributed by atoms with E-state index >= 15 is 0 Å². The van der Waals surface area contributed by atoms with Crippen molar-refractivity contribution < 1.29 is 14.6 Å². The van der Waals surface area contributed by atoms with Crippen LogP contribution < -0.4 is 14.8 Å². The quantitative estimate of drug-likeness (QED) is 0.847. The van der Waals surface area contributed by atoms with Crippen molar-refractivity contribution in [1.29, 1.82) is 0 Å². The molecule has 1 atom stereocenters. The van der Waals surface area contributed by atoms with Crippen molar-refractivity contribution in [3.8, 4) is 11.5 Å². The van der Waals surface area contributed by atoms with E-state index in [0.29, 0.717) is 0 Å². The average Bonchev–Trinajstić information content (AvgIpc) is 2.66. The molecule has 0 saturated heterocycles. The molecule has 1 aliphatic rings. The van der Waals surface area contributed by atoms with Crippen molar-refractivity contribution >= 4 is 0 Å². The zero-order valence-electron chi connectivity index (χ0n) is 13.3. The molecular weight excluding hydrogens is 266 g/mol. The van der Waals surface area contributed by atoms with Crippen molar-refractivity contribution in [3.05, 3.63) is 23.8 Å². The topological polar surface area (TPSA) is 50.7 Å². The van der Waals surface area contributed by atoms with Gasteiger partial charge >= 0.3 is 0 Å². The molecule has 2 N–H and O–H groups in total. The second-order valence-electron chi connectivity index (χ2n) is 6.47. The highest BCUT2D eigenvalue weighted by molar-refractivity contribution is 5.42. The van der Waals surface area contributed by atoms with E-state index in [1.165, 1.54) is 5.56 Å². The van der Waals surface area contributed by atoms with E-state index in [-0.39, 0.29) is 18.1 Å². The second-order valence-corrected chi connectivity index (χ2v) is 6.47. The minimum Gasteiger partial charge on any atom is -0.497 e. The Kier molecular flexibility index (Phi) is 5.48. The summed E-state index contributed by atoms with van der Waals surface area (Å²) in [5, 5.41) is 12.8. The molecule has 0 bridgehead atoms. The van der Waals surface area contributed by atoms with Gasteiger partial charge in [-0.25, -0.2) is 0 Å². The lowest BCUT2D eigenvalue weighted by Crippen LogP contribution is -2.33. The Morgan fingerprint density at radius 1 is 1.43 bits per heavy atom. The molecule has 1 aliphatic heterocycles. The van der Waals surface area contributed by atoms with E-state index in [2.05, 4.69) is 25.2 Å². The van der Waals surface area contributed by atoms with Gasteiger partial charge in [-0.3, -0.25) is 0 Å². The molecular formula is C17H27NO3. The Balaban J connectivity index is 2.13. The number of aliphatic hydroxyl groups excluding tert-OH is 1. The summed E-state index contributed by atoms with van der Waals surface area (Å²) in [6, 6.07) is 6.27. The molecule has 118 valence electrons. The Hall–Kier alpha value is -1.26. The van der Waals surface area contributed by atoms with Crippen LogP contribution in [0.5, 0.6) is 11.5 Å². The first-order valence-corrected chi connectivity index (χ1v) is 7.71. The molecule has 4 heteroatoms. The van der Waals surface area contributed by atoms with Gasteiger partial charge in [-0.15, -0.1) is 0 Å². The lowest BCUT2D eigenvalue weighted by atomic mass is 9.89. The number of hydrogen-bond donors (Lipinski definition) is 2. The van der Waals surface area contributed by atoms with Gasteiger partial charge in [-0.2, -0.15) is 0 Å². The number of rotatable bonds is 6. The molecule has 0 amide bonds. The smallest absolute Gasteiger partial charge is 0.124 e. The van der Waals surface area contributed by atoms with E-state index in [1.54, 1.807) is 7.11 Å². The maximum atomic E-state index is 9.15. The monoisotopic (exact) mass is 293 g/mol. The van der Waals surface area contributed by atoms with Gasteiger partial charge in [0.1, 0.15) is 11.5 Å². The molecule has 0 fully saturated rings. The van der Waals surface area contributed by atoms with Crippen LogP contribution in [0.25, 0.3) is 0 Å². The molecule has 4 nitrogen and oxygen atoms in total. The largest absolute Gasteiger partial charge is 0.497 e. The van der Waals surface area contributed by atoms with E-state index < -0.39 is 0 Å². The van der Waals surface area contributed by atoms with Crippen molar-refractivity contribution in [2.24, 2.45) is 5.41 Å². The van der Waals surface area contributed by atoms with Crippen LogP contribution >= 0.6 is 0 Å². The van der Waals surface area contributed by atoms with Gasteiger partial charge in [0.25, 0.3) is 0 Å². The van der Waals surface area contributed by atoms with Crippen molar-refractivity contribution in [2.75, 3.05) is 26.9 Å². The lowest BCUT2D eigenvalue weighted by Gasteiger charge is -2.28. The number of ether oxygens (including phenoxy) is 2. The summed E-state index contributed by atoms with van der Waals surface area (Å²) in [5.74, 6) is 1.81. The first-order valence-electron chi connectivity index (χ1n) is 7.71. The number of benzene rings is 1. The van der Waals surface area contributed by atoms with Crippen molar-refractivity contribution in [3.63, 3.8) is 0 Å². The Morgan fingerprint density at radius 2 is 2.24 bits per heavy atom. The SMILES string of the molecule is COc1ccc2c(c1)C(NCC(C)(C)CCO)CCCO2. The zero-order chi connectivity index (χ0) is 15.3. The van der Waals surface area contributed by atoms with Gasteiger partial charge in [0.2, 0.25) is 0 Å². The van der Waals surface area contributed by atoms with E-state index in [1.807, 2.05) is 12.1 Å². The molecule has 0 aliphatic carbocycles. The predicted octanol–water partition coefficient (Wildman–Crippen LogP) is 2.91. The van der Waals surface area contributed by atoms with Crippen LogP contribution in [-0.2, 0) is 0 Å². The first-order chi connectivity index (χ1) is 10.1. The average molecular weight is 293 g/mol. The fourth-order valence-corrected chi connectivity index (χ4v) is 2.68. The number of fused-ring (bicyclic) bond motifs is 1. The third-order valence-electron chi connectivity index (χ3n) is 4.10. The van der Waals surface area contributed by atoms with Crippen LogP contribution in [-0.4, -0.2) is 32.0 Å². The number of nitrogens with one attached hydrogen (secondary N) is 1. The van der Waals surface area contributed by atoms with Crippen LogP contribution in [0.3, 0.4) is 0 Å². The molecule has 2 rings (SSSR count). The minimum absolute atomic E-state index is 0.0843. The van der Waals surface area contributed by atoms with Gasteiger partial charge in [0.15, 0.2) is 0 Å². The van der Waals surface area contributed by atoms with E-state index in [0.717, 1.165) is 43.9 Å². The normalized spacial score (nSPS) is 18.6. The van der Waals surface area contributed by atoms with Crippen molar-refractivity contribution in [1.82, 2.24) is 5.32 Å². The number of aliphatic hydroxyl groups is 1. The summed E-state index contributed by atoms with van der Waals surface area (Å²) in [6.07, 6.45) is 2.89. The van der Waals surface area contributed by atoms with Gasteiger partial charge in [-0.1, -0.05) is 13.8 Å². The molecule has 1 aromatic carbocycles. The minimum atomic E-state index is 0.0843. The maximum Gasteiger partial charge on any atom is 0.124 e. The molecule has 21 heavy (non-hydrogen) atoms. The summed E-state index contributed by atoms with van der Waals surface area (Å²) in [5.41, 5.74) is 1.26. The predicted molar refractivity (Wildman–Crippen MR) is 84.0 cm³/mol. The summed E-state index contributed by atoms with van der Waals surface area (Å²) in [4.78, 5) is 0. The lowest BCUT2D eigenvalue weighted by molar-refractivity contribution is 0.202. The van der Waals surface area contributed by atoms with Crippen LogP contribution in [0, 0.1) is 5.41 Å². The molecule has 0 aromatic heterocycles. The zero-order valence-corrected chi connectivity index (χ0v) is 13.3. The van der Waals surface area contributed by atoms with Gasteiger partial charge < -0.3 is 19.9 Å². The van der Waals surface area contributed by atoms with Gasteiger partial charge in [0, 0.05) is 24.8 Å². The molecule has 0 radical (unpaired) electrons. The summed E-state index contributed by atoms with van der Waals surface area (Å²) < 4.78 is 11.2. The first kappa shape index (κ1) is 16.1. The van der Waals surface area contributed by atoms with E-state index in [4.69, 9.17) is 14.6 Å². The standard InChI is InChI=1S/C17H27NO3/c1-17(2,8-9-19)12-18-15-5-4-10-21-16-7-6-13(20-3)11-14(15)16/h6-7,11,15,18-19H,4-5,8-10,12H2,1-3H3. The Morgan fingerprint density at radius 3 is 2.95 bits per heavy atom.